The smallest absolute Gasteiger partial charge is 0.322 e. The summed E-state index contributed by atoms with van der Waals surface area (Å²) in [5, 5.41) is 0. The number of hydrogen-bond donors (Lipinski definition) is 1. The molecule has 0 saturated heterocycles. The molecule has 0 atom stereocenters. The zero-order valence-corrected chi connectivity index (χ0v) is 10.1. The fourth-order valence-electron chi connectivity index (χ4n) is 1.16. The summed E-state index contributed by atoms with van der Waals surface area (Å²) in [6, 6.07) is 6.91. The fraction of sp³-hybridized carbons (Fsp3) is 0.273. The maximum atomic E-state index is 11.2. The van der Waals surface area contributed by atoms with Gasteiger partial charge in [-0.1, -0.05) is 29.8 Å². The van der Waals surface area contributed by atoms with Crippen molar-refractivity contribution in [3.8, 4) is 5.75 Å². The van der Waals surface area contributed by atoms with Crippen LogP contribution in [-0.4, -0.2) is 14.3 Å². The van der Waals surface area contributed by atoms with Crippen LogP contribution in [0.3, 0.4) is 0 Å². The molecule has 1 aromatic rings. The van der Waals surface area contributed by atoms with Crippen molar-refractivity contribution in [2.24, 2.45) is 5.73 Å². The van der Waals surface area contributed by atoms with E-state index in [0.717, 1.165) is 11.1 Å². The Balaban J connectivity index is 3.10. The van der Waals surface area contributed by atoms with Gasteiger partial charge in [0.1, 0.15) is 11.6 Å². The highest BCUT2D eigenvalue weighted by atomic mass is 32.2. The molecule has 0 aliphatic carbocycles. The largest absolute Gasteiger partial charge is 0.381 e. The molecule has 1 rings (SSSR count). The fourth-order valence-corrected chi connectivity index (χ4v) is 1.65. The lowest BCUT2D eigenvalue weighted by molar-refractivity contribution is 0.486. The highest BCUT2D eigenvalue weighted by Gasteiger charge is 2.11. The Morgan fingerprint density at radius 2 is 2.00 bits per heavy atom. The van der Waals surface area contributed by atoms with Gasteiger partial charge >= 0.3 is 10.1 Å². The van der Waals surface area contributed by atoms with Crippen LogP contribution in [0.15, 0.2) is 29.8 Å². The second kappa shape index (κ2) is 5.14. The third kappa shape index (κ3) is 3.67. The van der Waals surface area contributed by atoms with Crippen molar-refractivity contribution in [2.75, 3.05) is 5.88 Å². The molecule has 0 unspecified atom stereocenters. The van der Waals surface area contributed by atoms with Gasteiger partial charge in [-0.15, -0.1) is 0 Å². The molecule has 0 aliphatic rings. The molecule has 0 aliphatic heterocycles. The van der Waals surface area contributed by atoms with E-state index in [-0.39, 0.29) is 0 Å². The molecule has 0 amide bonds. The third-order valence-corrected chi connectivity index (χ3v) is 2.63. The minimum absolute atomic E-state index is 0.300. The SMILES string of the molecule is CC(C)=Cc1ccccc1OS(=O)(=O)CN. The Bertz CT molecular complexity index is 488. The summed E-state index contributed by atoms with van der Waals surface area (Å²) in [6.07, 6.45) is 1.85. The molecule has 2 N–H and O–H groups in total. The molecular weight excluding hydrogens is 226 g/mol. The van der Waals surface area contributed by atoms with Crippen LogP contribution < -0.4 is 9.92 Å². The number of hydrogen-bond acceptors (Lipinski definition) is 4. The topological polar surface area (TPSA) is 69.4 Å². The highest BCUT2D eigenvalue weighted by Crippen LogP contribution is 2.22. The summed E-state index contributed by atoms with van der Waals surface area (Å²) in [5.41, 5.74) is 6.86. The average molecular weight is 241 g/mol. The van der Waals surface area contributed by atoms with Crippen molar-refractivity contribution in [3.63, 3.8) is 0 Å². The van der Waals surface area contributed by atoms with Crippen molar-refractivity contribution in [2.45, 2.75) is 13.8 Å². The van der Waals surface area contributed by atoms with Crippen molar-refractivity contribution in [3.05, 3.63) is 35.4 Å². The Morgan fingerprint density at radius 3 is 2.56 bits per heavy atom. The third-order valence-electron chi connectivity index (χ3n) is 1.78. The summed E-state index contributed by atoms with van der Waals surface area (Å²) in [4.78, 5) is 0. The van der Waals surface area contributed by atoms with Crippen LogP contribution in [0.2, 0.25) is 0 Å². The molecule has 1 aromatic carbocycles. The molecule has 4 nitrogen and oxygen atoms in total. The molecule has 0 spiro atoms. The number of allylic oxidation sites excluding steroid dienone is 1. The van der Waals surface area contributed by atoms with E-state index in [2.05, 4.69) is 0 Å². The van der Waals surface area contributed by atoms with Gasteiger partial charge in [-0.3, -0.25) is 0 Å². The summed E-state index contributed by atoms with van der Waals surface area (Å²) in [6.45, 7) is 3.85. The molecule has 0 bridgehead atoms. The van der Waals surface area contributed by atoms with Crippen LogP contribution in [0.5, 0.6) is 5.75 Å². The van der Waals surface area contributed by atoms with Gasteiger partial charge in [-0.25, -0.2) is 0 Å². The van der Waals surface area contributed by atoms with E-state index < -0.39 is 16.0 Å². The number of benzene rings is 1. The van der Waals surface area contributed by atoms with E-state index in [1.54, 1.807) is 18.2 Å². The minimum atomic E-state index is -3.68. The molecule has 0 radical (unpaired) electrons. The Labute approximate surface area is 95.9 Å². The van der Waals surface area contributed by atoms with Crippen LogP contribution in [0.25, 0.3) is 6.08 Å². The summed E-state index contributed by atoms with van der Waals surface area (Å²) >= 11 is 0. The van der Waals surface area contributed by atoms with Crippen molar-refractivity contribution >= 4 is 16.2 Å². The lowest BCUT2D eigenvalue weighted by atomic mass is 10.1. The van der Waals surface area contributed by atoms with Crippen LogP contribution in [0, 0.1) is 0 Å². The predicted molar refractivity (Wildman–Crippen MR) is 64.4 cm³/mol. The van der Waals surface area contributed by atoms with E-state index in [1.165, 1.54) is 0 Å². The Kier molecular flexibility index (Phi) is 4.09. The Morgan fingerprint density at radius 1 is 1.38 bits per heavy atom. The van der Waals surface area contributed by atoms with E-state index >= 15 is 0 Å². The zero-order valence-electron chi connectivity index (χ0n) is 9.30. The summed E-state index contributed by atoms with van der Waals surface area (Å²) in [7, 11) is -3.68. The van der Waals surface area contributed by atoms with E-state index in [1.807, 2.05) is 26.0 Å². The Hall–Kier alpha value is -1.33. The lowest BCUT2D eigenvalue weighted by Gasteiger charge is -2.08. The molecule has 0 saturated carbocycles. The molecule has 0 fully saturated rings. The average Bonchev–Trinajstić information content (AvgIpc) is 2.20. The summed E-state index contributed by atoms with van der Waals surface area (Å²) < 4.78 is 27.4. The van der Waals surface area contributed by atoms with E-state index in [4.69, 9.17) is 9.92 Å². The van der Waals surface area contributed by atoms with Crippen LogP contribution >= 0.6 is 0 Å². The van der Waals surface area contributed by atoms with Crippen LogP contribution in [-0.2, 0) is 10.1 Å². The molecule has 5 heteroatoms. The minimum Gasteiger partial charge on any atom is -0.381 e. The quantitative estimate of drug-likeness (QED) is 0.815. The second-order valence-electron chi connectivity index (χ2n) is 3.57. The summed E-state index contributed by atoms with van der Waals surface area (Å²) in [5.74, 6) is -0.231. The monoisotopic (exact) mass is 241 g/mol. The lowest BCUT2D eigenvalue weighted by Crippen LogP contribution is -2.20. The maximum Gasteiger partial charge on any atom is 0.322 e. The molecule has 16 heavy (non-hydrogen) atoms. The van der Waals surface area contributed by atoms with Gasteiger partial charge in [0.2, 0.25) is 0 Å². The maximum absolute atomic E-state index is 11.2. The first-order valence-corrected chi connectivity index (χ1v) is 6.38. The molecular formula is C11H15NO3S. The molecule has 0 aromatic heterocycles. The van der Waals surface area contributed by atoms with Gasteiger partial charge in [0.15, 0.2) is 0 Å². The van der Waals surface area contributed by atoms with E-state index in [0.29, 0.717) is 5.75 Å². The van der Waals surface area contributed by atoms with Crippen molar-refractivity contribution in [1.82, 2.24) is 0 Å². The first kappa shape index (κ1) is 12.7. The number of para-hydroxylation sites is 1. The van der Waals surface area contributed by atoms with Gasteiger partial charge in [-0.2, -0.15) is 8.42 Å². The number of nitrogens with two attached hydrogens (primary N) is 1. The van der Waals surface area contributed by atoms with Crippen molar-refractivity contribution < 1.29 is 12.6 Å². The standard InChI is InChI=1S/C11H15NO3S/c1-9(2)7-10-5-3-4-6-11(10)15-16(13,14)8-12/h3-7H,8,12H2,1-2H3. The first-order chi connectivity index (χ1) is 7.44. The highest BCUT2D eigenvalue weighted by molar-refractivity contribution is 7.87. The first-order valence-electron chi connectivity index (χ1n) is 4.81. The predicted octanol–water partition coefficient (Wildman–Crippen LogP) is 1.73. The van der Waals surface area contributed by atoms with E-state index in [9.17, 15) is 8.42 Å². The second-order valence-corrected chi connectivity index (χ2v) is 5.18. The van der Waals surface area contributed by atoms with Crippen molar-refractivity contribution in [1.29, 1.82) is 0 Å². The number of rotatable bonds is 4. The molecule has 88 valence electrons. The normalized spacial score (nSPS) is 10.9. The van der Waals surface area contributed by atoms with Crippen LogP contribution in [0.1, 0.15) is 19.4 Å². The molecule has 0 heterocycles. The van der Waals surface area contributed by atoms with Gasteiger partial charge in [0.25, 0.3) is 0 Å². The van der Waals surface area contributed by atoms with Crippen LogP contribution in [0.4, 0.5) is 0 Å². The zero-order chi connectivity index (χ0) is 12.2. The van der Waals surface area contributed by atoms with Gasteiger partial charge in [0, 0.05) is 5.56 Å². The van der Waals surface area contributed by atoms with Gasteiger partial charge in [0.05, 0.1) is 0 Å². The van der Waals surface area contributed by atoms with Gasteiger partial charge < -0.3 is 9.92 Å². The van der Waals surface area contributed by atoms with Gasteiger partial charge in [-0.05, 0) is 19.9 Å².